The number of fused-ring (bicyclic) bond motifs is 1. The highest BCUT2D eigenvalue weighted by Crippen LogP contribution is 2.32. The minimum Gasteiger partial charge on any atom is -0.452 e. The highest BCUT2D eigenvalue weighted by Gasteiger charge is 2.38. The molecule has 2 aromatic carbocycles. The number of piperidine rings is 1. The van der Waals surface area contributed by atoms with Gasteiger partial charge in [-0.25, -0.2) is 9.69 Å². The number of aryl methyl sites for hydroxylation is 2. The van der Waals surface area contributed by atoms with Gasteiger partial charge in [-0.15, -0.1) is 0 Å². The Balaban J connectivity index is 1.50. The van der Waals surface area contributed by atoms with Crippen LogP contribution in [-0.4, -0.2) is 47.3 Å². The van der Waals surface area contributed by atoms with Crippen molar-refractivity contribution in [2.45, 2.75) is 59.0 Å². The minimum atomic E-state index is -0.700. The average Bonchev–Trinajstić information content (AvgIpc) is 3.03. The van der Waals surface area contributed by atoms with Crippen molar-refractivity contribution < 1.29 is 23.9 Å². The van der Waals surface area contributed by atoms with Crippen molar-refractivity contribution in [2.24, 2.45) is 0 Å². The van der Waals surface area contributed by atoms with Gasteiger partial charge in [0.05, 0.1) is 22.4 Å². The molecular formula is C26H28N2O5. The summed E-state index contributed by atoms with van der Waals surface area (Å²) < 4.78 is 5.27. The topological polar surface area (TPSA) is 84.0 Å². The Morgan fingerprint density at radius 3 is 2.30 bits per heavy atom. The smallest absolute Gasteiger partial charge is 0.338 e. The van der Waals surface area contributed by atoms with Crippen LogP contribution >= 0.6 is 0 Å². The molecular weight excluding hydrogens is 420 g/mol. The monoisotopic (exact) mass is 448 g/mol. The van der Waals surface area contributed by atoms with Crippen LogP contribution in [0.5, 0.6) is 0 Å². The molecule has 0 N–H and O–H groups in total. The van der Waals surface area contributed by atoms with Gasteiger partial charge >= 0.3 is 5.97 Å². The number of amides is 3. The van der Waals surface area contributed by atoms with E-state index in [-0.39, 0.29) is 41.3 Å². The van der Waals surface area contributed by atoms with Gasteiger partial charge in [-0.3, -0.25) is 14.4 Å². The quantitative estimate of drug-likeness (QED) is 0.520. The number of rotatable bonds is 4. The molecule has 2 atom stereocenters. The summed E-state index contributed by atoms with van der Waals surface area (Å²) in [6, 6.07) is 10.1. The number of esters is 1. The number of carbonyl (C=O) groups is 4. The molecule has 0 bridgehead atoms. The first-order valence-electron chi connectivity index (χ1n) is 11.3. The normalized spacial score (nSPS) is 20.1. The molecule has 7 heteroatoms. The van der Waals surface area contributed by atoms with Crippen molar-refractivity contribution in [3.8, 4) is 0 Å². The highest BCUT2D eigenvalue weighted by molar-refractivity contribution is 6.35. The van der Waals surface area contributed by atoms with E-state index in [1.165, 1.54) is 18.2 Å². The Hall–Kier alpha value is -3.48. The van der Waals surface area contributed by atoms with Crippen molar-refractivity contribution in [1.82, 2.24) is 4.90 Å². The molecule has 2 aromatic rings. The Bertz CT molecular complexity index is 1150. The van der Waals surface area contributed by atoms with Crippen molar-refractivity contribution in [1.29, 1.82) is 0 Å². The van der Waals surface area contributed by atoms with E-state index in [9.17, 15) is 19.2 Å². The van der Waals surface area contributed by atoms with E-state index in [1.54, 1.807) is 11.0 Å². The molecule has 0 aliphatic carbocycles. The summed E-state index contributed by atoms with van der Waals surface area (Å²) in [6.07, 6.45) is 2.94. The summed E-state index contributed by atoms with van der Waals surface area (Å²) in [5, 5.41) is 0. The first-order valence-corrected chi connectivity index (χ1v) is 11.3. The molecule has 3 amide bonds. The van der Waals surface area contributed by atoms with Crippen molar-refractivity contribution in [3.63, 3.8) is 0 Å². The lowest BCUT2D eigenvalue weighted by Crippen LogP contribution is -2.49. The summed E-state index contributed by atoms with van der Waals surface area (Å²) in [5.74, 6) is -1.83. The van der Waals surface area contributed by atoms with E-state index in [2.05, 4.69) is 0 Å². The van der Waals surface area contributed by atoms with Crippen molar-refractivity contribution >= 4 is 29.4 Å². The van der Waals surface area contributed by atoms with Crippen LogP contribution in [0.25, 0.3) is 0 Å². The first kappa shape index (κ1) is 22.7. The Morgan fingerprint density at radius 2 is 1.61 bits per heavy atom. The first-order chi connectivity index (χ1) is 15.7. The van der Waals surface area contributed by atoms with Crippen molar-refractivity contribution in [2.75, 3.05) is 11.5 Å². The van der Waals surface area contributed by atoms with E-state index in [1.807, 2.05) is 39.8 Å². The number of imide groups is 1. The largest absolute Gasteiger partial charge is 0.452 e. The van der Waals surface area contributed by atoms with Gasteiger partial charge in [0.15, 0.2) is 6.61 Å². The molecule has 4 rings (SSSR count). The maximum absolute atomic E-state index is 13.1. The molecule has 1 saturated heterocycles. The molecule has 0 spiro atoms. The van der Waals surface area contributed by atoms with Crippen LogP contribution in [0.1, 0.15) is 75.3 Å². The number of ether oxygens (including phenoxy) is 1. The fourth-order valence-corrected chi connectivity index (χ4v) is 4.74. The SMILES string of the molecule is Cc1ccc(C)c(N2C(=O)c3ccc(C(=O)OCC(=O)N4[C@H](C)CCC[C@@H]4C)cc3C2=O)c1. The number of anilines is 1. The predicted molar refractivity (Wildman–Crippen MR) is 123 cm³/mol. The highest BCUT2D eigenvalue weighted by atomic mass is 16.5. The molecule has 0 unspecified atom stereocenters. The summed E-state index contributed by atoms with van der Waals surface area (Å²) >= 11 is 0. The van der Waals surface area contributed by atoms with Gasteiger partial charge in [-0.2, -0.15) is 0 Å². The van der Waals surface area contributed by atoms with Gasteiger partial charge in [-0.05, 0) is 82.3 Å². The Kier molecular flexibility index (Phi) is 6.06. The van der Waals surface area contributed by atoms with E-state index in [0.29, 0.717) is 5.69 Å². The number of hydrogen-bond donors (Lipinski definition) is 0. The van der Waals surface area contributed by atoms with Crippen molar-refractivity contribution in [3.05, 3.63) is 64.2 Å². The number of hydrogen-bond acceptors (Lipinski definition) is 5. The third-order valence-electron chi connectivity index (χ3n) is 6.54. The third kappa shape index (κ3) is 4.15. The second-order valence-corrected chi connectivity index (χ2v) is 9.00. The second-order valence-electron chi connectivity index (χ2n) is 9.00. The predicted octanol–water partition coefficient (Wildman–Crippen LogP) is 4.05. The average molecular weight is 449 g/mol. The maximum atomic E-state index is 13.1. The van der Waals surface area contributed by atoms with E-state index in [4.69, 9.17) is 4.74 Å². The molecule has 0 radical (unpaired) electrons. The molecule has 2 aliphatic heterocycles. The standard InChI is InChI=1S/C26H28N2O5/c1-15-8-9-16(2)22(12-15)28-24(30)20-11-10-19(13-21(20)25(28)31)26(32)33-14-23(29)27-17(3)6-5-7-18(27)4/h8-13,17-18H,5-7,14H2,1-4H3/t17-,18+. The van der Waals surface area contributed by atoms with E-state index < -0.39 is 17.8 Å². The fourth-order valence-electron chi connectivity index (χ4n) is 4.74. The van der Waals surface area contributed by atoms with Crippen LogP contribution < -0.4 is 4.90 Å². The summed E-state index contributed by atoms with van der Waals surface area (Å²) in [4.78, 5) is 54.2. The number of nitrogens with zero attached hydrogens (tertiary/aromatic N) is 2. The Morgan fingerprint density at radius 1 is 0.939 bits per heavy atom. The van der Waals surface area contributed by atoms with E-state index in [0.717, 1.165) is 35.3 Å². The summed E-state index contributed by atoms with van der Waals surface area (Å²) in [5.41, 5.74) is 2.78. The third-order valence-corrected chi connectivity index (χ3v) is 6.54. The lowest BCUT2D eigenvalue weighted by atomic mass is 9.97. The van der Waals surface area contributed by atoms with Gasteiger partial charge in [0.1, 0.15) is 0 Å². The van der Waals surface area contributed by atoms with Crippen LogP contribution in [0, 0.1) is 13.8 Å². The van der Waals surface area contributed by atoms with E-state index >= 15 is 0 Å². The maximum Gasteiger partial charge on any atom is 0.338 e. The molecule has 172 valence electrons. The molecule has 0 aromatic heterocycles. The van der Waals surface area contributed by atoms with Crippen LogP contribution in [0.4, 0.5) is 5.69 Å². The summed E-state index contributed by atoms with van der Waals surface area (Å²) in [6.45, 7) is 7.37. The Labute approximate surface area is 193 Å². The van der Waals surface area contributed by atoms with Crippen LogP contribution in [0.2, 0.25) is 0 Å². The molecule has 2 aliphatic rings. The zero-order valence-electron chi connectivity index (χ0n) is 19.4. The van der Waals surface area contributed by atoms with Gasteiger partial charge in [-0.1, -0.05) is 12.1 Å². The minimum absolute atomic E-state index is 0.111. The zero-order valence-corrected chi connectivity index (χ0v) is 19.4. The number of carbonyl (C=O) groups excluding carboxylic acids is 4. The molecule has 0 saturated carbocycles. The van der Waals surface area contributed by atoms with Gasteiger partial charge in [0, 0.05) is 12.1 Å². The fraction of sp³-hybridized carbons (Fsp3) is 0.385. The van der Waals surface area contributed by atoms with Crippen LogP contribution in [-0.2, 0) is 9.53 Å². The zero-order chi connectivity index (χ0) is 23.9. The molecule has 33 heavy (non-hydrogen) atoms. The van der Waals surface area contributed by atoms with Crippen LogP contribution in [0.3, 0.4) is 0 Å². The summed E-state index contributed by atoms with van der Waals surface area (Å²) in [7, 11) is 0. The second kappa shape index (κ2) is 8.81. The molecule has 2 heterocycles. The van der Waals surface area contributed by atoms with Gasteiger partial charge < -0.3 is 9.64 Å². The van der Waals surface area contributed by atoms with Crippen LogP contribution in [0.15, 0.2) is 36.4 Å². The van der Waals surface area contributed by atoms with Gasteiger partial charge in [0.2, 0.25) is 0 Å². The number of likely N-dealkylation sites (tertiary alicyclic amines) is 1. The molecule has 7 nitrogen and oxygen atoms in total. The van der Waals surface area contributed by atoms with Gasteiger partial charge in [0.25, 0.3) is 17.7 Å². The number of benzene rings is 2. The lowest BCUT2D eigenvalue weighted by Gasteiger charge is -2.38. The lowest BCUT2D eigenvalue weighted by molar-refractivity contribution is -0.140. The molecule has 1 fully saturated rings.